The molecule has 0 fully saturated rings. The number of halogens is 2. The Hall–Kier alpha value is -1.19. The van der Waals surface area contributed by atoms with Crippen molar-refractivity contribution in [3.8, 4) is 0 Å². The van der Waals surface area contributed by atoms with Gasteiger partial charge >= 0.3 is 0 Å². The fraction of sp³-hybridized carbons (Fsp3) is 0.294. The molecule has 106 valence electrons. The maximum Gasteiger partial charge on any atom is 0.126 e. The van der Waals surface area contributed by atoms with Gasteiger partial charge in [-0.05, 0) is 49.6 Å². The molecule has 2 aromatic rings. The summed E-state index contributed by atoms with van der Waals surface area (Å²) in [7, 11) is 0. The zero-order valence-corrected chi connectivity index (χ0v) is 13.3. The molecule has 1 nitrogen and oxygen atoms in total. The van der Waals surface area contributed by atoms with E-state index in [4.69, 9.17) is 0 Å². The summed E-state index contributed by atoms with van der Waals surface area (Å²) in [5, 5.41) is 3.51. The van der Waals surface area contributed by atoms with Crippen LogP contribution in [-0.2, 0) is 6.42 Å². The first kappa shape index (κ1) is 15.2. The van der Waals surface area contributed by atoms with E-state index in [1.54, 1.807) is 6.07 Å². The third kappa shape index (κ3) is 4.15. The van der Waals surface area contributed by atoms with E-state index >= 15 is 0 Å². The van der Waals surface area contributed by atoms with Crippen LogP contribution in [0, 0.1) is 5.82 Å². The topological polar surface area (TPSA) is 12.0 Å². The number of nitrogens with one attached hydrogen (secondary N) is 1. The zero-order chi connectivity index (χ0) is 14.5. The molecule has 0 bridgehead atoms. The average Bonchev–Trinajstić information content (AvgIpc) is 2.42. The van der Waals surface area contributed by atoms with E-state index in [-0.39, 0.29) is 17.9 Å². The quantitative estimate of drug-likeness (QED) is 0.821. The Morgan fingerprint density at radius 1 is 1.05 bits per heavy atom. The van der Waals surface area contributed by atoms with Crippen molar-refractivity contribution in [2.24, 2.45) is 0 Å². The van der Waals surface area contributed by atoms with Crippen LogP contribution in [-0.4, -0.2) is 6.04 Å². The highest BCUT2D eigenvalue weighted by Gasteiger charge is 2.11. The zero-order valence-electron chi connectivity index (χ0n) is 11.7. The molecule has 0 aliphatic heterocycles. The summed E-state index contributed by atoms with van der Waals surface area (Å²) in [6, 6.07) is 15.7. The average molecular weight is 336 g/mol. The minimum atomic E-state index is -0.127. The fourth-order valence-corrected chi connectivity index (χ4v) is 2.59. The monoisotopic (exact) mass is 335 g/mol. The Balaban J connectivity index is 1.96. The van der Waals surface area contributed by atoms with Gasteiger partial charge in [-0.1, -0.05) is 46.3 Å². The van der Waals surface area contributed by atoms with E-state index in [2.05, 4.69) is 47.2 Å². The van der Waals surface area contributed by atoms with Gasteiger partial charge in [0.1, 0.15) is 5.82 Å². The van der Waals surface area contributed by atoms with Gasteiger partial charge in [0, 0.05) is 16.6 Å². The van der Waals surface area contributed by atoms with Crippen molar-refractivity contribution in [3.05, 3.63) is 69.9 Å². The van der Waals surface area contributed by atoms with Gasteiger partial charge in [0.05, 0.1) is 0 Å². The Kier molecular flexibility index (Phi) is 5.32. The second kappa shape index (κ2) is 7.00. The molecule has 0 aromatic heterocycles. The van der Waals surface area contributed by atoms with Gasteiger partial charge in [-0.2, -0.15) is 0 Å². The number of hydrogen-bond donors (Lipinski definition) is 1. The third-order valence-corrected chi connectivity index (χ3v) is 3.92. The van der Waals surface area contributed by atoms with E-state index in [0.29, 0.717) is 6.42 Å². The molecule has 3 heteroatoms. The third-order valence-electron chi connectivity index (χ3n) is 3.39. The van der Waals surface area contributed by atoms with Gasteiger partial charge in [0.2, 0.25) is 0 Å². The van der Waals surface area contributed by atoms with Crippen molar-refractivity contribution >= 4 is 15.9 Å². The molecule has 2 atom stereocenters. The highest BCUT2D eigenvalue weighted by molar-refractivity contribution is 9.10. The van der Waals surface area contributed by atoms with Crippen LogP contribution in [0.2, 0.25) is 0 Å². The highest BCUT2D eigenvalue weighted by atomic mass is 79.9. The second-order valence-corrected chi connectivity index (χ2v) is 6.05. The molecule has 20 heavy (non-hydrogen) atoms. The SMILES string of the molecule is CC(Cc1ccccc1F)N[C@H](C)c1ccc(Br)cc1. The van der Waals surface area contributed by atoms with Crippen molar-refractivity contribution in [1.29, 1.82) is 0 Å². The fourth-order valence-electron chi connectivity index (χ4n) is 2.33. The van der Waals surface area contributed by atoms with Crippen molar-refractivity contribution in [2.45, 2.75) is 32.4 Å². The summed E-state index contributed by atoms with van der Waals surface area (Å²) in [4.78, 5) is 0. The summed E-state index contributed by atoms with van der Waals surface area (Å²) in [5.74, 6) is -0.127. The van der Waals surface area contributed by atoms with Crippen LogP contribution in [0.1, 0.15) is 31.0 Å². The summed E-state index contributed by atoms with van der Waals surface area (Å²) in [6.07, 6.45) is 0.688. The van der Waals surface area contributed by atoms with E-state index < -0.39 is 0 Å². The van der Waals surface area contributed by atoms with Crippen molar-refractivity contribution < 1.29 is 4.39 Å². The maximum atomic E-state index is 13.6. The Bertz CT molecular complexity index is 553. The van der Waals surface area contributed by atoms with E-state index in [1.807, 2.05) is 24.3 Å². The summed E-state index contributed by atoms with van der Waals surface area (Å²) < 4.78 is 14.7. The molecule has 0 spiro atoms. The van der Waals surface area contributed by atoms with Crippen LogP contribution < -0.4 is 5.32 Å². The van der Waals surface area contributed by atoms with Crippen molar-refractivity contribution in [1.82, 2.24) is 5.32 Å². The first-order chi connectivity index (χ1) is 9.56. The predicted molar refractivity (Wildman–Crippen MR) is 85.3 cm³/mol. The van der Waals surface area contributed by atoms with Crippen molar-refractivity contribution in [3.63, 3.8) is 0 Å². The molecule has 2 aromatic carbocycles. The molecule has 0 radical (unpaired) electrons. The maximum absolute atomic E-state index is 13.6. The van der Waals surface area contributed by atoms with Gasteiger partial charge in [-0.15, -0.1) is 0 Å². The smallest absolute Gasteiger partial charge is 0.126 e. The van der Waals surface area contributed by atoms with E-state index in [9.17, 15) is 4.39 Å². The molecule has 0 heterocycles. The Morgan fingerprint density at radius 3 is 2.35 bits per heavy atom. The van der Waals surface area contributed by atoms with Gasteiger partial charge < -0.3 is 5.32 Å². The number of rotatable bonds is 5. The molecule has 1 unspecified atom stereocenters. The van der Waals surface area contributed by atoms with Crippen LogP contribution in [0.3, 0.4) is 0 Å². The van der Waals surface area contributed by atoms with Gasteiger partial charge in [0.25, 0.3) is 0 Å². The minimum absolute atomic E-state index is 0.127. The highest BCUT2D eigenvalue weighted by Crippen LogP contribution is 2.18. The molecule has 0 saturated carbocycles. The molecule has 0 saturated heterocycles. The molecule has 1 N–H and O–H groups in total. The molecule has 0 aliphatic rings. The molecule has 0 aliphatic carbocycles. The molecular weight excluding hydrogens is 317 g/mol. The van der Waals surface area contributed by atoms with Gasteiger partial charge in [0.15, 0.2) is 0 Å². The Morgan fingerprint density at radius 2 is 1.70 bits per heavy atom. The lowest BCUT2D eigenvalue weighted by molar-refractivity contribution is 0.469. The normalized spacial score (nSPS) is 14.0. The van der Waals surface area contributed by atoms with Crippen LogP contribution in [0.15, 0.2) is 53.0 Å². The molecular formula is C17H19BrFN. The summed E-state index contributed by atoms with van der Waals surface area (Å²) in [6.45, 7) is 4.21. The lowest BCUT2D eigenvalue weighted by Gasteiger charge is -2.20. The minimum Gasteiger partial charge on any atom is -0.307 e. The standard InChI is InChI=1S/C17H19BrFN/c1-12(11-15-5-3-4-6-17(15)19)20-13(2)14-7-9-16(18)10-8-14/h3-10,12-13,20H,11H2,1-2H3/t12?,13-/m1/s1. The van der Waals surface area contributed by atoms with Gasteiger partial charge in [-0.3, -0.25) is 0 Å². The van der Waals surface area contributed by atoms with E-state index in [1.165, 1.54) is 11.6 Å². The van der Waals surface area contributed by atoms with Crippen LogP contribution in [0.25, 0.3) is 0 Å². The predicted octanol–water partition coefficient (Wildman–Crippen LogP) is 4.87. The largest absolute Gasteiger partial charge is 0.307 e. The van der Waals surface area contributed by atoms with E-state index in [0.717, 1.165) is 10.0 Å². The second-order valence-electron chi connectivity index (χ2n) is 5.14. The van der Waals surface area contributed by atoms with Crippen LogP contribution in [0.5, 0.6) is 0 Å². The lowest BCUT2D eigenvalue weighted by atomic mass is 10.0. The summed E-state index contributed by atoms with van der Waals surface area (Å²) >= 11 is 3.44. The van der Waals surface area contributed by atoms with Crippen LogP contribution in [0.4, 0.5) is 4.39 Å². The molecule has 0 amide bonds. The first-order valence-electron chi connectivity index (χ1n) is 6.81. The van der Waals surface area contributed by atoms with Crippen molar-refractivity contribution in [2.75, 3.05) is 0 Å². The van der Waals surface area contributed by atoms with Gasteiger partial charge in [-0.25, -0.2) is 4.39 Å². The first-order valence-corrected chi connectivity index (χ1v) is 7.60. The summed E-state index contributed by atoms with van der Waals surface area (Å²) in [5.41, 5.74) is 1.99. The number of benzene rings is 2. The Labute approximate surface area is 128 Å². The lowest BCUT2D eigenvalue weighted by Crippen LogP contribution is -2.31. The number of hydrogen-bond acceptors (Lipinski definition) is 1. The molecule has 2 rings (SSSR count). The van der Waals surface area contributed by atoms with Crippen LogP contribution >= 0.6 is 15.9 Å².